The van der Waals surface area contributed by atoms with Crippen LogP contribution in [0.2, 0.25) is 0 Å². The van der Waals surface area contributed by atoms with Crippen molar-refractivity contribution in [3.05, 3.63) is 0 Å². The van der Waals surface area contributed by atoms with Gasteiger partial charge in [0, 0.05) is 6.42 Å². The number of ketones is 1. The highest BCUT2D eigenvalue weighted by molar-refractivity contribution is 5.75. The van der Waals surface area contributed by atoms with Crippen LogP contribution in [0.15, 0.2) is 0 Å². The number of hydrogen-bond donors (Lipinski definition) is 0. The summed E-state index contributed by atoms with van der Waals surface area (Å²) in [5, 5.41) is 0. The summed E-state index contributed by atoms with van der Waals surface area (Å²) in [6.45, 7) is 5.53. The fourth-order valence-corrected chi connectivity index (χ4v) is 3.76. The van der Waals surface area contributed by atoms with Crippen molar-refractivity contribution in [3.63, 3.8) is 0 Å². The van der Waals surface area contributed by atoms with Crippen LogP contribution >= 0.6 is 0 Å². The van der Waals surface area contributed by atoms with E-state index in [4.69, 9.17) is 0 Å². The van der Waals surface area contributed by atoms with Gasteiger partial charge in [-0.05, 0) is 70.5 Å². The van der Waals surface area contributed by atoms with Crippen LogP contribution < -0.4 is 0 Å². The van der Waals surface area contributed by atoms with Gasteiger partial charge in [-0.25, -0.2) is 0 Å². The summed E-state index contributed by atoms with van der Waals surface area (Å²) in [4.78, 5) is 13.5. The minimum absolute atomic E-state index is 0.342. The molecule has 0 atom stereocenters. The molecule has 1 saturated heterocycles. The third-order valence-electron chi connectivity index (χ3n) is 5.08. The quantitative estimate of drug-likeness (QED) is 0.693. The summed E-state index contributed by atoms with van der Waals surface area (Å²) in [5.74, 6) is 0.342. The zero-order valence-electron chi connectivity index (χ0n) is 12.0. The number of piperidine rings is 1. The molecule has 0 aromatic carbocycles. The molecule has 1 spiro atoms. The predicted molar refractivity (Wildman–Crippen MR) is 75.7 cm³/mol. The van der Waals surface area contributed by atoms with E-state index in [1.54, 1.807) is 6.92 Å². The number of unbranched alkanes of at least 4 members (excludes halogenated alkanes) is 1. The van der Waals surface area contributed by atoms with Crippen LogP contribution in [0.5, 0.6) is 0 Å². The highest BCUT2D eigenvalue weighted by Gasteiger charge is 2.35. The Morgan fingerprint density at radius 3 is 2.28 bits per heavy atom. The monoisotopic (exact) mass is 251 g/mol. The minimum Gasteiger partial charge on any atom is -0.303 e. The molecule has 1 heterocycles. The topological polar surface area (TPSA) is 20.3 Å². The summed E-state index contributed by atoms with van der Waals surface area (Å²) >= 11 is 0. The summed E-state index contributed by atoms with van der Waals surface area (Å²) in [7, 11) is 0. The number of nitrogens with zero attached hydrogens (tertiary/aromatic N) is 1. The lowest BCUT2D eigenvalue weighted by Gasteiger charge is -2.44. The van der Waals surface area contributed by atoms with E-state index < -0.39 is 0 Å². The largest absolute Gasteiger partial charge is 0.303 e. The average Bonchev–Trinajstić information content (AvgIpc) is 2.38. The molecule has 0 amide bonds. The molecule has 2 fully saturated rings. The predicted octanol–water partition coefficient (Wildman–Crippen LogP) is 3.79. The van der Waals surface area contributed by atoms with E-state index in [1.165, 1.54) is 71.0 Å². The van der Waals surface area contributed by atoms with Crippen molar-refractivity contribution < 1.29 is 4.79 Å². The molecule has 1 aliphatic carbocycles. The van der Waals surface area contributed by atoms with Crippen LogP contribution in [0, 0.1) is 5.41 Å². The number of carbonyl (C=O) groups is 1. The van der Waals surface area contributed by atoms with E-state index in [2.05, 4.69) is 4.90 Å². The Kier molecular flexibility index (Phi) is 5.23. The Labute approximate surface area is 112 Å². The lowest BCUT2D eigenvalue weighted by Crippen LogP contribution is -2.41. The molecule has 104 valence electrons. The molecular formula is C16H29NO. The van der Waals surface area contributed by atoms with Gasteiger partial charge in [0.25, 0.3) is 0 Å². The van der Waals surface area contributed by atoms with Gasteiger partial charge >= 0.3 is 0 Å². The van der Waals surface area contributed by atoms with E-state index in [1.807, 2.05) is 0 Å². The third-order valence-corrected chi connectivity index (χ3v) is 5.08. The first-order valence-corrected chi connectivity index (χ1v) is 7.92. The second-order valence-electron chi connectivity index (χ2n) is 6.56. The maximum absolute atomic E-state index is 10.9. The lowest BCUT2D eigenvalue weighted by molar-refractivity contribution is -0.117. The summed E-state index contributed by atoms with van der Waals surface area (Å²) in [6, 6.07) is 0. The van der Waals surface area contributed by atoms with Gasteiger partial charge in [-0.3, -0.25) is 0 Å². The molecule has 2 nitrogen and oxygen atoms in total. The highest BCUT2D eigenvalue weighted by Crippen LogP contribution is 2.44. The first-order chi connectivity index (χ1) is 8.70. The Hall–Kier alpha value is -0.370. The van der Waals surface area contributed by atoms with Crippen molar-refractivity contribution in [2.45, 2.75) is 71.1 Å². The molecule has 1 aliphatic heterocycles. The first kappa shape index (κ1) is 14.0. The van der Waals surface area contributed by atoms with Crippen LogP contribution in [0.1, 0.15) is 71.1 Å². The van der Waals surface area contributed by atoms with Crippen molar-refractivity contribution >= 4 is 5.78 Å². The number of Topliss-reactive ketones (excluding diaryl/α,β-unsaturated/α-hetero) is 1. The van der Waals surface area contributed by atoms with Gasteiger partial charge in [0.1, 0.15) is 5.78 Å². The standard InChI is InChI=1S/C16H29NO/c1-15(18)7-3-6-12-17-13-10-16(11-14-17)8-4-2-5-9-16/h2-14H2,1H3. The van der Waals surface area contributed by atoms with Crippen molar-refractivity contribution in [1.29, 1.82) is 0 Å². The molecular weight excluding hydrogens is 222 g/mol. The molecule has 2 aliphatic rings. The number of rotatable bonds is 5. The summed E-state index contributed by atoms with van der Waals surface area (Å²) < 4.78 is 0. The molecule has 0 radical (unpaired) electrons. The third kappa shape index (κ3) is 4.08. The van der Waals surface area contributed by atoms with Crippen LogP contribution in [-0.4, -0.2) is 30.3 Å². The van der Waals surface area contributed by atoms with Crippen molar-refractivity contribution in [2.24, 2.45) is 5.41 Å². The number of likely N-dealkylation sites (tertiary alicyclic amines) is 1. The molecule has 0 unspecified atom stereocenters. The molecule has 0 N–H and O–H groups in total. The molecule has 1 saturated carbocycles. The van der Waals surface area contributed by atoms with Gasteiger partial charge in [0.05, 0.1) is 0 Å². The van der Waals surface area contributed by atoms with E-state index in [0.717, 1.165) is 18.3 Å². The first-order valence-electron chi connectivity index (χ1n) is 7.92. The molecule has 0 aromatic rings. The van der Waals surface area contributed by atoms with Gasteiger partial charge in [0.15, 0.2) is 0 Å². The summed E-state index contributed by atoms with van der Waals surface area (Å²) in [5.41, 5.74) is 0.730. The SMILES string of the molecule is CC(=O)CCCCN1CCC2(CCCCC2)CC1. The molecule has 18 heavy (non-hydrogen) atoms. The molecule has 0 aromatic heterocycles. The van der Waals surface area contributed by atoms with Gasteiger partial charge in [-0.2, -0.15) is 0 Å². The molecule has 2 heteroatoms. The van der Waals surface area contributed by atoms with E-state index in [9.17, 15) is 4.79 Å². The highest BCUT2D eigenvalue weighted by atomic mass is 16.1. The van der Waals surface area contributed by atoms with E-state index >= 15 is 0 Å². The van der Waals surface area contributed by atoms with Crippen LogP contribution in [0.4, 0.5) is 0 Å². The molecule has 2 rings (SSSR count). The van der Waals surface area contributed by atoms with Crippen molar-refractivity contribution in [1.82, 2.24) is 4.90 Å². The maximum Gasteiger partial charge on any atom is 0.129 e. The fraction of sp³-hybridized carbons (Fsp3) is 0.938. The minimum atomic E-state index is 0.342. The fourth-order valence-electron chi connectivity index (χ4n) is 3.76. The summed E-state index contributed by atoms with van der Waals surface area (Å²) in [6.07, 6.45) is 13.3. The Morgan fingerprint density at radius 2 is 1.67 bits per heavy atom. The van der Waals surface area contributed by atoms with Crippen LogP contribution in [0.3, 0.4) is 0 Å². The Bertz CT molecular complexity index is 258. The Morgan fingerprint density at radius 1 is 1.00 bits per heavy atom. The zero-order chi connectivity index (χ0) is 12.8. The van der Waals surface area contributed by atoms with Gasteiger partial charge in [-0.1, -0.05) is 19.3 Å². The van der Waals surface area contributed by atoms with Gasteiger partial charge < -0.3 is 9.69 Å². The zero-order valence-corrected chi connectivity index (χ0v) is 12.0. The smallest absolute Gasteiger partial charge is 0.129 e. The second kappa shape index (κ2) is 6.70. The second-order valence-corrected chi connectivity index (χ2v) is 6.56. The number of hydrogen-bond acceptors (Lipinski definition) is 2. The van der Waals surface area contributed by atoms with Gasteiger partial charge in [-0.15, -0.1) is 0 Å². The lowest BCUT2D eigenvalue weighted by atomic mass is 9.68. The molecule has 0 bridgehead atoms. The Balaban J connectivity index is 1.62. The van der Waals surface area contributed by atoms with Gasteiger partial charge in [0.2, 0.25) is 0 Å². The van der Waals surface area contributed by atoms with E-state index in [0.29, 0.717) is 5.78 Å². The van der Waals surface area contributed by atoms with Crippen LogP contribution in [-0.2, 0) is 4.79 Å². The maximum atomic E-state index is 10.9. The van der Waals surface area contributed by atoms with Crippen LogP contribution in [0.25, 0.3) is 0 Å². The average molecular weight is 251 g/mol. The van der Waals surface area contributed by atoms with Crippen molar-refractivity contribution in [2.75, 3.05) is 19.6 Å². The van der Waals surface area contributed by atoms with Crippen molar-refractivity contribution in [3.8, 4) is 0 Å². The number of carbonyl (C=O) groups excluding carboxylic acids is 1. The normalized spacial score (nSPS) is 24.3. The van der Waals surface area contributed by atoms with E-state index in [-0.39, 0.29) is 0 Å².